The van der Waals surface area contributed by atoms with Gasteiger partial charge >= 0.3 is 0 Å². The van der Waals surface area contributed by atoms with Crippen LogP contribution in [0.25, 0.3) is 0 Å². The maximum atomic E-state index is 4.39. The number of hydrogen-bond acceptors (Lipinski definition) is 1. The molecule has 1 heterocycles. The van der Waals surface area contributed by atoms with Gasteiger partial charge in [-0.2, -0.15) is 0 Å². The fourth-order valence-electron chi connectivity index (χ4n) is 5.09. The van der Waals surface area contributed by atoms with Gasteiger partial charge in [0.15, 0.2) is 0 Å². The molecule has 32 heavy (non-hydrogen) atoms. The summed E-state index contributed by atoms with van der Waals surface area (Å²) in [5.41, 5.74) is 5.25. The van der Waals surface area contributed by atoms with Gasteiger partial charge in [0.25, 0.3) is 0 Å². The van der Waals surface area contributed by atoms with Crippen LogP contribution in [-0.4, -0.2) is 10.5 Å². The summed E-state index contributed by atoms with van der Waals surface area (Å²) in [6, 6.07) is 0. The second kappa shape index (κ2) is 14.6. The van der Waals surface area contributed by atoms with Gasteiger partial charge in [-0.25, -0.2) is 0 Å². The molecule has 1 aliphatic carbocycles. The largest absolute Gasteiger partial charge is 0.146 e. The van der Waals surface area contributed by atoms with Crippen molar-refractivity contribution in [2.24, 2.45) is 11.8 Å². The highest BCUT2D eigenvalue weighted by Crippen LogP contribution is 2.40. The zero-order valence-electron chi connectivity index (χ0n) is 21.0. The lowest BCUT2D eigenvalue weighted by molar-refractivity contribution is 0.425. The van der Waals surface area contributed by atoms with E-state index in [2.05, 4.69) is 88.7 Å². The van der Waals surface area contributed by atoms with Crippen LogP contribution in [0.3, 0.4) is 0 Å². The van der Waals surface area contributed by atoms with Crippen molar-refractivity contribution in [3.8, 4) is 0 Å². The number of rotatable bonds is 6. The van der Waals surface area contributed by atoms with E-state index in [1.807, 2.05) is 6.08 Å². The molecule has 0 aromatic heterocycles. The third-order valence-electron chi connectivity index (χ3n) is 6.98. The maximum Gasteiger partial charge on any atom is 0.0294 e. The first kappa shape index (κ1) is 26.8. The minimum Gasteiger partial charge on any atom is -0.146 e. The summed E-state index contributed by atoms with van der Waals surface area (Å²) in [5.74, 6) is 1.91. The van der Waals surface area contributed by atoms with Gasteiger partial charge < -0.3 is 0 Å². The molecule has 2 rings (SSSR count). The summed E-state index contributed by atoms with van der Waals surface area (Å²) in [5, 5.41) is 0.990. The van der Waals surface area contributed by atoms with Crippen molar-refractivity contribution in [3.63, 3.8) is 0 Å². The SMILES string of the molecule is C=C/C=C\C1CCCC2CCC(CCC/C(=C/C(=C/C=C\C)C(=C)C)CC(C(=C)C)S1)C2. The number of hydrogen-bond donors (Lipinski definition) is 0. The van der Waals surface area contributed by atoms with E-state index in [0.717, 1.165) is 23.8 Å². The molecule has 4 atom stereocenters. The summed E-state index contributed by atoms with van der Waals surface area (Å²) in [6.45, 7) is 18.9. The van der Waals surface area contributed by atoms with Crippen molar-refractivity contribution < 1.29 is 0 Å². The van der Waals surface area contributed by atoms with E-state index in [0.29, 0.717) is 10.5 Å². The van der Waals surface area contributed by atoms with Gasteiger partial charge in [-0.05, 0) is 70.3 Å². The van der Waals surface area contributed by atoms with Crippen LogP contribution in [0.1, 0.15) is 85.0 Å². The minimum absolute atomic E-state index is 0.452. The summed E-state index contributed by atoms with van der Waals surface area (Å²) in [7, 11) is 0. The van der Waals surface area contributed by atoms with E-state index in [-0.39, 0.29) is 0 Å². The molecule has 1 heteroatoms. The third kappa shape index (κ3) is 9.57. The zero-order chi connectivity index (χ0) is 23.3. The summed E-state index contributed by atoms with van der Waals surface area (Å²) >= 11 is 2.11. The highest BCUT2D eigenvalue weighted by molar-refractivity contribution is 8.00. The van der Waals surface area contributed by atoms with Gasteiger partial charge in [-0.1, -0.05) is 111 Å². The van der Waals surface area contributed by atoms with E-state index in [1.54, 1.807) is 5.57 Å². The molecule has 1 aliphatic heterocycles. The molecule has 1 saturated heterocycles. The van der Waals surface area contributed by atoms with E-state index in [1.165, 1.54) is 68.9 Å². The fourth-order valence-corrected chi connectivity index (χ4v) is 6.54. The topological polar surface area (TPSA) is 0 Å². The Labute approximate surface area is 203 Å². The van der Waals surface area contributed by atoms with Crippen LogP contribution in [0, 0.1) is 11.8 Å². The van der Waals surface area contributed by atoms with Crippen molar-refractivity contribution >= 4 is 11.8 Å². The first-order valence-electron chi connectivity index (χ1n) is 12.7. The van der Waals surface area contributed by atoms with Crippen LogP contribution >= 0.6 is 11.8 Å². The van der Waals surface area contributed by atoms with Gasteiger partial charge in [-0.15, -0.1) is 11.8 Å². The first-order chi connectivity index (χ1) is 15.4. The standard InChI is InChI=1S/C31H46S/c1-7-9-16-29(24(3)4)22-28-15-11-13-26-19-20-27(21-26)14-12-18-30(17-10-8-2)32-31(23-28)25(5)6/h7-10,16-17,22,26-27,30-31H,2-3,5,11-15,18-21,23H2,1,4,6H3/b9-7-,17-10-,28-22-,29-16-. The minimum atomic E-state index is 0.452. The Hall–Kier alpha value is -1.47. The van der Waals surface area contributed by atoms with Crippen LogP contribution in [0.15, 0.2) is 84.6 Å². The molecule has 0 nitrogen and oxygen atoms in total. The maximum absolute atomic E-state index is 4.39. The molecule has 0 spiro atoms. The lowest BCUT2D eigenvalue weighted by atomic mass is 9.92. The lowest BCUT2D eigenvalue weighted by Crippen LogP contribution is -2.13. The summed E-state index contributed by atoms with van der Waals surface area (Å²) in [6.07, 6.45) is 28.6. The summed E-state index contributed by atoms with van der Waals surface area (Å²) < 4.78 is 0. The molecule has 4 unspecified atom stereocenters. The van der Waals surface area contributed by atoms with E-state index >= 15 is 0 Å². The molecule has 0 aromatic carbocycles. The average molecular weight is 451 g/mol. The first-order valence-corrected chi connectivity index (χ1v) is 13.7. The Morgan fingerprint density at radius 1 is 0.969 bits per heavy atom. The average Bonchev–Trinajstić information content (AvgIpc) is 3.20. The second-order valence-corrected chi connectivity index (χ2v) is 11.4. The Balaban J connectivity index is 2.32. The fraction of sp³-hybridized carbons (Fsp3) is 0.548. The number of fused-ring (bicyclic) bond motifs is 2. The molecule has 2 aliphatic rings. The number of allylic oxidation sites excluding steroid dienone is 9. The van der Waals surface area contributed by atoms with Crippen LogP contribution < -0.4 is 0 Å². The predicted octanol–water partition coefficient (Wildman–Crippen LogP) is 9.94. The Bertz CT molecular complexity index is 744. The Morgan fingerprint density at radius 3 is 2.31 bits per heavy atom. The molecule has 1 saturated carbocycles. The molecule has 2 bridgehead atoms. The van der Waals surface area contributed by atoms with Gasteiger partial charge in [0.2, 0.25) is 0 Å². The van der Waals surface area contributed by atoms with Gasteiger partial charge in [0.05, 0.1) is 0 Å². The van der Waals surface area contributed by atoms with Crippen LogP contribution in [0.5, 0.6) is 0 Å². The van der Waals surface area contributed by atoms with E-state index in [4.69, 9.17) is 0 Å². The molecule has 0 aromatic rings. The predicted molar refractivity (Wildman–Crippen MR) is 148 cm³/mol. The zero-order valence-corrected chi connectivity index (χ0v) is 21.8. The summed E-state index contributed by atoms with van der Waals surface area (Å²) in [4.78, 5) is 0. The highest BCUT2D eigenvalue weighted by atomic mass is 32.2. The Morgan fingerprint density at radius 2 is 1.69 bits per heavy atom. The van der Waals surface area contributed by atoms with Crippen molar-refractivity contribution in [2.45, 2.75) is 95.5 Å². The molecular weight excluding hydrogens is 404 g/mol. The quantitative estimate of drug-likeness (QED) is 0.286. The molecule has 2 fully saturated rings. The molecule has 0 N–H and O–H groups in total. The van der Waals surface area contributed by atoms with Crippen LogP contribution in [0.2, 0.25) is 0 Å². The Kier molecular flexibility index (Phi) is 12.2. The van der Waals surface area contributed by atoms with E-state index < -0.39 is 0 Å². The third-order valence-corrected chi connectivity index (χ3v) is 8.62. The van der Waals surface area contributed by atoms with E-state index in [9.17, 15) is 0 Å². The van der Waals surface area contributed by atoms with Gasteiger partial charge in [0.1, 0.15) is 0 Å². The van der Waals surface area contributed by atoms with Crippen molar-refractivity contribution in [3.05, 3.63) is 84.6 Å². The smallest absolute Gasteiger partial charge is 0.0294 e. The normalized spacial score (nSPS) is 30.0. The van der Waals surface area contributed by atoms with Crippen LogP contribution in [-0.2, 0) is 0 Å². The van der Waals surface area contributed by atoms with Crippen LogP contribution in [0.4, 0.5) is 0 Å². The van der Waals surface area contributed by atoms with Gasteiger partial charge in [-0.3, -0.25) is 0 Å². The molecule has 0 radical (unpaired) electrons. The number of thioether (sulfide) groups is 1. The second-order valence-electron chi connectivity index (χ2n) is 9.93. The monoisotopic (exact) mass is 450 g/mol. The molecular formula is C31H46S. The van der Waals surface area contributed by atoms with Crippen molar-refractivity contribution in [1.29, 1.82) is 0 Å². The molecule has 176 valence electrons. The highest BCUT2D eigenvalue weighted by Gasteiger charge is 2.25. The molecule has 0 amide bonds. The van der Waals surface area contributed by atoms with Crippen molar-refractivity contribution in [1.82, 2.24) is 0 Å². The van der Waals surface area contributed by atoms with Gasteiger partial charge in [0, 0.05) is 10.5 Å². The van der Waals surface area contributed by atoms with Crippen molar-refractivity contribution in [2.75, 3.05) is 0 Å². The lowest BCUT2D eigenvalue weighted by Gasteiger charge is -2.25.